The summed E-state index contributed by atoms with van der Waals surface area (Å²) in [6.45, 7) is 1.90. The van der Waals surface area contributed by atoms with Gasteiger partial charge in [0.2, 0.25) is 0 Å². The summed E-state index contributed by atoms with van der Waals surface area (Å²) in [4.78, 5) is 28.0. The van der Waals surface area contributed by atoms with E-state index < -0.39 is 5.97 Å². The van der Waals surface area contributed by atoms with Crippen molar-refractivity contribution in [3.63, 3.8) is 0 Å². The van der Waals surface area contributed by atoms with E-state index in [-0.39, 0.29) is 5.91 Å². The molecular formula is C12H10N2O3S2. The quantitative estimate of drug-likeness (QED) is 0.850. The molecule has 0 saturated heterocycles. The van der Waals surface area contributed by atoms with E-state index in [0.29, 0.717) is 15.6 Å². The summed E-state index contributed by atoms with van der Waals surface area (Å²) in [6, 6.07) is 1.70. The van der Waals surface area contributed by atoms with Gasteiger partial charge in [-0.2, -0.15) is 0 Å². The molecule has 0 unspecified atom stereocenters. The lowest BCUT2D eigenvalue weighted by Crippen LogP contribution is -2.11. The smallest absolute Gasteiger partial charge is 0.328 e. The van der Waals surface area contributed by atoms with Crippen molar-refractivity contribution in [1.82, 2.24) is 4.98 Å². The number of hydrogen-bond acceptors (Lipinski definition) is 5. The van der Waals surface area contributed by atoms with Crippen LogP contribution in [-0.4, -0.2) is 22.0 Å². The molecule has 0 aliphatic carbocycles. The van der Waals surface area contributed by atoms with Crippen LogP contribution in [0.25, 0.3) is 6.08 Å². The molecule has 2 heterocycles. The highest BCUT2D eigenvalue weighted by molar-refractivity contribution is 7.16. The Kier molecular flexibility index (Phi) is 4.08. The summed E-state index contributed by atoms with van der Waals surface area (Å²) in [7, 11) is 0. The van der Waals surface area contributed by atoms with E-state index in [1.165, 1.54) is 28.7 Å². The number of nitrogens with one attached hydrogen (secondary N) is 1. The van der Waals surface area contributed by atoms with Gasteiger partial charge in [-0.15, -0.1) is 22.7 Å². The summed E-state index contributed by atoms with van der Waals surface area (Å²) in [6.07, 6.45) is 4.09. The molecule has 98 valence electrons. The molecule has 0 bridgehead atoms. The standard InChI is InChI=1S/C12H10N2O3S2/c1-7-6-13-12(19-7)14-11(17)10-8(4-5-18-10)2-3-9(15)16/h2-6H,1H3,(H,15,16)(H,13,14,17). The number of hydrogen-bond donors (Lipinski definition) is 2. The van der Waals surface area contributed by atoms with Crippen LogP contribution in [0, 0.1) is 6.92 Å². The van der Waals surface area contributed by atoms with Crippen molar-refractivity contribution in [1.29, 1.82) is 0 Å². The minimum absolute atomic E-state index is 0.283. The summed E-state index contributed by atoms with van der Waals surface area (Å²) in [5, 5.41) is 13.5. The first kappa shape index (κ1) is 13.4. The number of aromatic nitrogens is 1. The van der Waals surface area contributed by atoms with Gasteiger partial charge >= 0.3 is 5.97 Å². The summed E-state index contributed by atoms with van der Waals surface area (Å²) >= 11 is 2.64. The number of nitrogens with zero attached hydrogens (tertiary/aromatic N) is 1. The van der Waals surface area contributed by atoms with E-state index in [4.69, 9.17) is 5.11 Å². The maximum atomic E-state index is 12.0. The van der Waals surface area contributed by atoms with Gasteiger partial charge in [-0.05, 0) is 30.0 Å². The third-order valence-electron chi connectivity index (χ3n) is 2.15. The maximum absolute atomic E-state index is 12.0. The van der Waals surface area contributed by atoms with Crippen molar-refractivity contribution < 1.29 is 14.7 Å². The number of amides is 1. The molecule has 0 aliphatic rings. The van der Waals surface area contributed by atoms with E-state index >= 15 is 0 Å². The molecule has 0 spiro atoms. The van der Waals surface area contributed by atoms with Crippen molar-refractivity contribution in [2.24, 2.45) is 0 Å². The van der Waals surface area contributed by atoms with Crippen LogP contribution in [0.1, 0.15) is 20.1 Å². The highest BCUT2D eigenvalue weighted by atomic mass is 32.1. The molecule has 19 heavy (non-hydrogen) atoms. The Bertz CT molecular complexity index is 643. The normalized spacial score (nSPS) is 10.8. The number of thiophene rings is 1. The molecular weight excluding hydrogens is 284 g/mol. The summed E-state index contributed by atoms with van der Waals surface area (Å²) in [5.74, 6) is -1.33. The number of aliphatic carboxylic acids is 1. The van der Waals surface area contributed by atoms with Crippen LogP contribution in [0.2, 0.25) is 0 Å². The lowest BCUT2D eigenvalue weighted by molar-refractivity contribution is -0.131. The monoisotopic (exact) mass is 294 g/mol. The average molecular weight is 294 g/mol. The van der Waals surface area contributed by atoms with Gasteiger partial charge in [0.1, 0.15) is 0 Å². The second-order valence-electron chi connectivity index (χ2n) is 3.61. The van der Waals surface area contributed by atoms with Crippen LogP contribution in [0.5, 0.6) is 0 Å². The summed E-state index contributed by atoms with van der Waals surface area (Å²) < 4.78 is 0. The Balaban J connectivity index is 2.15. The Morgan fingerprint density at radius 2 is 2.26 bits per heavy atom. The van der Waals surface area contributed by atoms with Crippen LogP contribution in [0.15, 0.2) is 23.7 Å². The second-order valence-corrected chi connectivity index (χ2v) is 5.76. The zero-order valence-electron chi connectivity index (χ0n) is 9.91. The number of aryl methyl sites for hydroxylation is 1. The van der Waals surface area contributed by atoms with Crippen LogP contribution >= 0.6 is 22.7 Å². The Hall–Kier alpha value is -1.99. The number of carbonyl (C=O) groups excluding carboxylic acids is 1. The number of rotatable bonds is 4. The van der Waals surface area contributed by atoms with Crippen LogP contribution in [-0.2, 0) is 4.79 Å². The van der Waals surface area contributed by atoms with Crippen molar-refractivity contribution in [3.05, 3.63) is 39.0 Å². The van der Waals surface area contributed by atoms with Crippen LogP contribution in [0.3, 0.4) is 0 Å². The molecule has 0 fully saturated rings. The fourth-order valence-corrected chi connectivity index (χ4v) is 2.80. The molecule has 0 aromatic carbocycles. The number of thiazole rings is 1. The molecule has 0 radical (unpaired) electrons. The lowest BCUT2D eigenvalue weighted by atomic mass is 10.2. The van der Waals surface area contributed by atoms with Gasteiger partial charge in [0.25, 0.3) is 5.91 Å². The zero-order chi connectivity index (χ0) is 13.8. The number of anilines is 1. The van der Waals surface area contributed by atoms with Gasteiger partial charge in [0.15, 0.2) is 5.13 Å². The van der Waals surface area contributed by atoms with Gasteiger partial charge < -0.3 is 5.11 Å². The first-order valence-electron chi connectivity index (χ1n) is 5.28. The predicted molar refractivity (Wildman–Crippen MR) is 75.8 cm³/mol. The molecule has 2 rings (SSSR count). The number of carboxylic acid groups (broad SMARTS) is 1. The predicted octanol–water partition coefficient (Wildman–Crippen LogP) is 2.86. The largest absolute Gasteiger partial charge is 0.478 e. The van der Waals surface area contributed by atoms with Gasteiger partial charge in [0, 0.05) is 17.2 Å². The molecule has 7 heteroatoms. The molecule has 0 aliphatic heterocycles. The zero-order valence-corrected chi connectivity index (χ0v) is 11.5. The highest BCUT2D eigenvalue weighted by Crippen LogP contribution is 2.22. The number of carboxylic acids is 1. The van der Waals surface area contributed by atoms with Crippen LogP contribution < -0.4 is 5.32 Å². The lowest BCUT2D eigenvalue weighted by Gasteiger charge is -2.00. The van der Waals surface area contributed by atoms with Crippen molar-refractivity contribution in [3.8, 4) is 0 Å². The van der Waals surface area contributed by atoms with Crippen LogP contribution in [0.4, 0.5) is 5.13 Å². The fraction of sp³-hybridized carbons (Fsp3) is 0.0833. The number of carbonyl (C=O) groups is 2. The average Bonchev–Trinajstić information content (AvgIpc) is 2.95. The second kappa shape index (κ2) is 5.77. The third-order valence-corrected chi connectivity index (χ3v) is 3.91. The van der Waals surface area contributed by atoms with Crippen molar-refractivity contribution >= 4 is 45.8 Å². The molecule has 2 aromatic rings. The highest BCUT2D eigenvalue weighted by Gasteiger charge is 2.13. The molecule has 2 N–H and O–H groups in total. The van der Waals surface area contributed by atoms with E-state index in [2.05, 4.69) is 10.3 Å². The SMILES string of the molecule is Cc1cnc(NC(=O)c2sccc2C=CC(=O)O)s1. The first-order valence-corrected chi connectivity index (χ1v) is 6.98. The molecule has 0 atom stereocenters. The van der Waals surface area contributed by atoms with Gasteiger partial charge in [-0.25, -0.2) is 9.78 Å². The molecule has 5 nitrogen and oxygen atoms in total. The van der Waals surface area contributed by atoms with E-state index in [0.717, 1.165) is 11.0 Å². The molecule has 1 amide bonds. The molecule has 2 aromatic heterocycles. The van der Waals surface area contributed by atoms with E-state index in [1.54, 1.807) is 17.6 Å². The van der Waals surface area contributed by atoms with Crippen molar-refractivity contribution in [2.75, 3.05) is 5.32 Å². The molecule has 0 saturated carbocycles. The maximum Gasteiger partial charge on any atom is 0.328 e. The van der Waals surface area contributed by atoms with E-state index in [9.17, 15) is 9.59 Å². The van der Waals surface area contributed by atoms with Gasteiger partial charge in [-0.1, -0.05) is 0 Å². The first-order chi connectivity index (χ1) is 9.06. The van der Waals surface area contributed by atoms with Gasteiger partial charge in [0.05, 0.1) is 4.88 Å². The summed E-state index contributed by atoms with van der Waals surface area (Å²) in [5.41, 5.74) is 0.582. The van der Waals surface area contributed by atoms with E-state index in [1.807, 2.05) is 6.92 Å². The Morgan fingerprint density at radius 1 is 1.47 bits per heavy atom. The Morgan fingerprint density at radius 3 is 2.89 bits per heavy atom. The Labute approximate surface area is 117 Å². The minimum atomic E-state index is -1.05. The third kappa shape index (κ3) is 3.49. The van der Waals surface area contributed by atoms with Crippen molar-refractivity contribution in [2.45, 2.75) is 6.92 Å². The fourth-order valence-electron chi connectivity index (χ4n) is 1.36. The minimum Gasteiger partial charge on any atom is -0.478 e. The van der Waals surface area contributed by atoms with Gasteiger partial charge in [-0.3, -0.25) is 10.1 Å². The topological polar surface area (TPSA) is 79.3 Å².